The lowest BCUT2D eigenvalue weighted by molar-refractivity contribution is -0.142. The third-order valence-corrected chi connectivity index (χ3v) is 10.6. The summed E-state index contributed by atoms with van der Waals surface area (Å²) in [5.41, 5.74) is -3.67. The number of piperazine rings is 1. The number of pyridine rings is 1. The Morgan fingerprint density at radius 2 is 1.69 bits per heavy atom. The van der Waals surface area contributed by atoms with Crippen molar-refractivity contribution in [2.24, 2.45) is 13.0 Å². The SMILES string of the molecule is C#C[C@@H]1Cc2c(C(F)(F)F)nn(CC(=O)N[C@@H](Cc3cc(F)cc(F)c3)c3nc(C#CC(C)(C)O)ccc3-c3cccc4c(NC(=O)N5CCN(C)CC5)nn(C)c34)c2C1(F)F. The fraction of sp³-hybridized carbons (Fsp3) is 0.372. The number of halogens is 7. The molecule has 1 aliphatic carbocycles. The molecule has 1 saturated heterocycles. The minimum Gasteiger partial charge on any atom is -0.378 e. The number of aliphatic hydroxyl groups is 1. The van der Waals surface area contributed by atoms with Crippen LogP contribution in [0.25, 0.3) is 22.0 Å². The van der Waals surface area contributed by atoms with E-state index in [9.17, 15) is 36.6 Å². The first-order valence-corrected chi connectivity index (χ1v) is 19.4. The van der Waals surface area contributed by atoms with E-state index < -0.39 is 77.1 Å². The van der Waals surface area contributed by atoms with Crippen LogP contribution in [0.3, 0.4) is 0 Å². The highest BCUT2D eigenvalue weighted by molar-refractivity contribution is 6.04. The smallest absolute Gasteiger partial charge is 0.378 e. The molecule has 324 valence electrons. The number of hydrogen-bond donors (Lipinski definition) is 3. The lowest BCUT2D eigenvalue weighted by Crippen LogP contribution is -2.48. The second kappa shape index (κ2) is 16.4. The van der Waals surface area contributed by atoms with Gasteiger partial charge in [0.25, 0.3) is 0 Å². The summed E-state index contributed by atoms with van der Waals surface area (Å²) in [6.45, 7) is 4.10. The Morgan fingerprint density at radius 1 is 1.00 bits per heavy atom. The number of alkyl halides is 5. The zero-order valence-electron chi connectivity index (χ0n) is 33.8. The molecule has 0 bridgehead atoms. The number of benzene rings is 2. The van der Waals surface area contributed by atoms with E-state index >= 15 is 8.78 Å². The van der Waals surface area contributed by atoms with Crippen LogP contribution in [0.4, 0.5) is 41.3 Å². The Balaban J connectivity index is 1.34. The molecule has 0 saturated carbocycles. The molecule has 3 N–H and O–H groups in total. The number of fused-ring (bicyclic) bond motifs is 2. The number of urea groups is 1. The molecule has 3 aromatic heterocycles. The molecular formula is C43H40F7N9O3. The largest absolute Gasteiger partial charge is 0.435 e. The minimum atomic E-state index is -5.15. The number of carbonyl (C=O) groups excluding carboxylic acids is 2. The number of amides is 3. The van der Waals surface area contributed by atoms with Gasteiger partial charge in [-0.1, -0.05) is 24.0 Å². The predicted octanol–water partition coefficient (Wildman–Crippen LogP) is 6.03. The molecule has 19 heteroatoms. The summed E-state index contributed by atoms with van der Waals surface area (Å²) in [4.78, 5) is 35.8. The highest BCUT2D eigenvalue weighted by Gasteiger charge is 2.55. The monoisotopic (exact) mass is 863 g/mol. The van der Waals surface area contributed by atoms with E-state index in [4.69, 9.17) is 11.4 Å². The minimum absolute atomic E-state index is 0.0175. The van der Waals surface area contributed by atoms with Crippen LogP contribution in [0.15, 0.2) is 48.5 Å². The molecule has 7 rings (SSSR count). The summed E-state index contributed by atoms with van der Waals surface area (Å²) in [6, 6.07) is 9.17. The summed E-state index contributed by atoms with van der Waals surface area (Å²) in [5, 5.41) is 24.4. The molecule has 1 aliphatic heterocycles. The van der Waals surface area contributed by atoms with Crippen molar-refractivity contribution in [2.45, 2.75) is 57.0 Å². The van der Waals surface area contributed by atoms with Gasteiger partial charge >= 0.3 is 18.1 Å². The van der Waals surface area contributed by atoms with Crippen LogP contribution in [0.5, 0.6) is 0 Å². The number of aromatic nitrogens is 5. The fourth-order valence-electron chi connectivity index (χ4n) is 7.72. The van der Waals surface area contributed by atoms with Crippen molar-refractivity contribution in [2.75, 3.05) is 38.5 Å². The zero-order valence-corrected chi connectivity index (χ0v) is 33.8. The lowest BCUT2D eigenvalue weighted by Gasteiger charge is -2.32. The number of aryl methyl sites for hydroxylation is 1. The van der Waals surface area contributed by atoms with E-state index in [0.717, 1.165) is 12.1 Å². The average Bonchev–Trinajstić information content (AvgIpc) is 3.81. The Labute approximate surface area is 351 Å². The lowest BCUT2D eigenvalue weighted by atomic mass is 9.93. The van der Waals surface area contributed by atoms with Gasteiger partial charge < -0.3 is 20.2 Å². The van der Waals surface area contributed by atoms with Gasteiger partial charge in [-0.3, -0.25) is 19.5 Å². The molecule has 5 aromatic rings. The number of anilines is 1. The van der Waals surface area contributed by atoms with Gasteiger partial charge in [-0.05, 0) is 75.6 Å². The Hall–Kier alpha value is -6.44. The molecule has 2 aliphatic rings. The van der Waals surface area contributed by atoms with Crippen molar-refractivity contribution in [1.29, 1.82) is 0 Å². The first-order valence-electron chi connectivity index (χ1n) is 19.4. The first-order chi connectivity index (χ1) is 29.1. The van der Waals surface area contributed by atoms with Gasteiger partial charge in [0, 0.05) is 61.4 Å². The third-order valence-electron chi connectivity index (χ3n) is 10.6. The molecule has 0 unspecified atom stereocenters. The van der Waals surface area contributed by atoms with E-state index in [1.54, 1.807) is 36.2 Å². The number of terminal acetylenes is 1. The van der Waals surface area contributed by atoms with Crippen LogP contribution in [-0.2, 0) is 43.3 Å². The van der Waals surface area contributed by atoms with Crippen LogP contribution in [0, 0.1) is 41.7 Å². The summed E-state index contributed by atoms with van der Waals surface area (Å²) in [6.07, 6.45) is -1.08. The molecular weight excluding hydrogens is 824 g/mol. The van der Waals surface area contributed by atoms with Gasteiger partial charge in [-0.15, -0.1) is 6.42 Å². The normalized spacial score (nSPS) is 17.0. The van der Waals surface area contributed by atoms with Crippen molar-refractivity contribution in [3.63, 3.8) is 0 Å². The molecule has 1 fully saturated rings. The van der Waals surface area contributed by atoms with Gasteiger partial charge in [0.2, 0.25) is 5.91 Å². The molecule has 0 radical (unpaired) electrons. The number of carbonyl (C=O) groups is 2. The number of hydrogen-bond acceptors (Lipinski definition) is 7. The zero-order chi connectivity index (χ0) is 44.9. The quantitative estimate of drug-likeness (QED) is 0.128. The van der Waals surface area contributed by atoms with Gasteiger partial charge in [-0.2, -0.15) is 32.1 Å². The predicted molar refractivity (Wildman–Crippen MR) is 213 cm³/mol. The van der Waals surface area contributed by atoms with Gasteiger partial charge in [0.15, 0.2) is 11.5 Å². The summed E-state index contributed by atoms with van der Waals surface area (Å²) in [5.74, 6) is -1.40. The average molecular weight is 864 g/mol. The molecule has 3 amide bonds. The van der Waals surface area contributed by atoms with Gasteiger partial charge in [0.05, 0.1) is 23.2 Å². The number of nitrogens with zero attached hydrogens (tertiary/aromatic N) is 7. The highest BCUT2D eigenvalue weighted by atomic mass is 19.4. The van der Waals surface area contributed by atoms with Crippen molar-refractivity contribution >= 4 is 28.7 Å². The fourth-order valence-corrected chi connectivity index (χ4v) is 7.72. The van der Waals surface area contributed by atoms with Gasteiger partial charge in [-0.25, -0.2) is 18.6 Å². The van der Waals surface area contributed by atoms with Crippen molar-refractivity contribution in [3.05, 3.63) is 94.1 Å². The van der Waals surface area contributed by atoms with Crippen molar-refractivity contribution in [1.82, 2.24) is 39.7 Å². The maximum Gasteiger partial charge on any atom is 0.435 e. The van der Waals surface area contributed by atoms with E-state index in [1.165, 1.54) is 24.6 Å². The Bertz CT molecular complexity index is 2660. The maximum absolute atomic E-state index is 15.5. The van der Waals surface area contributed by atoms with Crippen molar-refractivity contribution in [3.8, 4) is 35.3 Å². The van der Waals surface area contributed by atoms with E-state index in [-0.39, 0.29) is 39.9 Å². The Kier molecular flexibility index (Phi) is 11.6. The molecule has 62 heavy (non-hydrogen) atoms. The highest BCUT2D eigenvalue weighted by Crippen LogP contribution is 2.49. The molecule has 0 spiro atoms. The number of likely N-dealkylation sites (N-methyl/N-ethyl adjacent to an activating group) is 1. The molecule has 2 aromatic carbocycles. The van der Waals surface area contributed by atoms with E-state index in [0.29, 0.717) is 54.3 Å². The maximum atomic E-state index is 15.5. The van der Waals surface area contributed by atoms with Gasteiger partial charge in [0.1, 0.15) is 35.2 Å². The summed E-state index contributed by atoms with van der Waals surface area (Å²) in [7, 11) is 3.60. The van der Waals surface area contributed by atoms with Crippen LogP contribution in [-0.4, -0.2) is 90.2 Å². The Morgan fingerprint density at radius 3 is 2.34 bits per heavy atom. The van der Waals surface area contributed by atoms with E-state index in [2.05, 4.69) is 37.6 Å². The van der Waals surface area contributed by atoms with Crippen LogP contribution in [0.2, 0.25) is 0 Å². The van der Waals surface area contributed by atoms with Crippen LogP contribution >= 0.6 is 0 Å². The number of para-hydroxylation sites is 1. The summed E-state index contributed by atoms with van der Waals surface area (Å²) < 4.78 is 104. The number of rotatable bonds is 8. The van der Waals surface area contributed by atoms with E-state index in [1.807, 2.05) is 13.0 Å². The second-order valence-corrected chi connectivity index (χ2v) is 15.8. The summed E-state index contributed by atoms with van der Waals surface area (Å²) >= 11 is 0. The van der Waals surface area contributed by atoms with Crippen LogP contribution in [0.1, 0.15) is 53.8 Å². The van der Waals surface area contributed by atoms with Crippen molar-refractivity contribution < 1.29 is 45.4 Å². The number of nitrogens with one attached hydrogen (secondary N) is 2. The molecule has 2 atom stereocenters. The third kappa shape index (κ3) is 8.95. The standard InChI is InChI=1S/C43H40F7N9O3/c1-6-25-21-32-37(43(48,49)50)54-59(38(32)42(25,46)47)23-34(60)52-33(20-24-18-26(44)22-27(45)19-24)35-29(11-10-28(51-35)12-13-41(2,3)62)30-8-7-9-31-36(30)57(5)55-39(31)53-40(61)58-16-14-56(4)15-17-58/h1,7-11,18-19,22,25,33,62H,14-17,20-21,23H2,2-5H3,(H,52,60)(H,53,55,61)/t25-,33+/m1/s1. The molecule has 12 nitrogen and oxygen atoms in total. The van der Waals surface area contributed by atoms with Crippen LogP contribution < -0.4 is 10.6 Å². The second-order valence-electron chi connectivity index (χ2n) is 15.8. The first kappa shape index (κ1) is 43.6. The molecule has 4 heterocycles. The topological polar surface area (TPSA) is 133 Å².